The smallest absolute Gasteiger partial charge is 0.172 e. The van der Waals surface area contributed by atoms with Gasteiger partial charge >= 0.3 is 0 Å². The first-order chi connectivity index (χ1) is 9.67. The van der Waals surface area contributed by atoms with Gasteiger partial charge in [-0.2, -0.15) is 0 Å². The van der Waals surface area contributed by atoms with E-state index in [2.05, 4.69) is 26.1 Å². The minimum absolute atomic E-state index is 0.0444. The predicted octanol–water partition coefficient (Wildman–Crippen LogP) is 1.49. The number of phenolic OH excluding ortho intramolecular Hbond substituents is 1. The Morgan fingerprint density at radius 2 is 2.10 bits per heavy atom. The van der Waals surface area contributed by atoms with Gasteiger partial charge in [-0.3, -0.25) is 4.90 Å². The van der Waals surface area contributed by atoms with Crippen LogP contribution in [0.15, 0.2) is 16.6 Å². The summed E-state index contributed by atoms with van der Waals surface area (Å²) in [5.74, 6) is 0.554. The highest BCUT2D eigenvalue weighted by atomic mass is 79.9. The van der Waals surface area contributed by atoms with Crippen molar-refractivity contribution in [3.05, 3.63) is 22.2 Å². The molecule has 2 rings (SSSR count). The number of aromatic hydroxyl groups is 1. The van der Waals surface area contributed by atoms with Crippen LogP contribution in [0, 0.1) is 0 Å². The molecule has 0 radical (unpaired) electrons. The first-order valence-electron chi connectivity index (χ1n) is 6.88. The molecular weight excluding hydrogens is 324 g/mol. The third kappa shape index (κ3) is 3.44. The zero-order chi connectivity index (χ0) is 14.5. The van der Waals surface area contributed by atoms with Crippen LogP contribution in [0.1, 0.15) is 18.5 Å². The van der Waals surface area contributed by atoms with Gasteiger partial charge in [0.2, 0.25) is 0 Å². The summed E-state index contributed by atoms with van der Waals surface area (Å²) < 4.78 is 6.04. The largest absolute Gasteiger partial charge is 0.503 e. The molecule has 5 nitrogen and oxygen atoms in total. The summed E-state index contributed by atoms with van der Waals surface area (Å²) in [6, 6.07) is 3.58. The molecule has 1 aromatic rings. The van der Waals surface area contributed by atoms with Gasteiger partial charge in [-0.15, -0.1) is 0 Å². The summed E-state index contributed by atoms with van der Waals surface area (Å²) >= 11 is 3.35. The van der Waals surface area contributed by atoms with Crippen LogP contribution in [-0.4, -0.2) is 54.5 Å². The van der Waals surface area contributed by atoms with Gasteiger partial charge in [0.15, 0.2) is 11.5 Å². The molecule has 112 valence electrons. The highest BCUT2D eigenvalue weighted by Crippen LogP contribution is 2.38. The fourth-order valence-electron chi connectivity index (χ4n) is 2.48. The molecule has 0 amide bonds. The Labute approximate surface area is 127 Å². The Morgan fingerprint density at radius 1 is 1.40 bits per heavy atom. The number of aliphatic hydroxyl groups excluding tert-OH is 1. The zero-order valence-electron chi connectivity index (χ0n) is 11.6. The number of ether oxygens (including phenoxy) is 1. The second-order valence-electron chi connectivity index (χ2n) is 4.77. The Hall–Kier alpha value is -0.820. The van der Waals surface area contributed by atoms with Crippen LogP contribution in [0.25, 0.3) is 0 Å². The van der Waals surface area contributed by atoms with E-state index >= 15 is 0 Å². The number of hydrogen-bond donors (Lipinski definition) is 3. The van der Waals surface area contributed by atoms with Gasteiger partial charge in [0.25, 0.3) is 0 Å². The number of nitrogens with one attached hydrogen (secondary N) is 1. The van der Waals surface area contributed by atoms with Crippen molar-refractivity contribution in [2.24, 2.45) is 0 Å². The van der Waals surface area contributed by atoms with Crippen LogP contribution in [0.2, 0.25) is 0 Å². The monoisotopic (exact) mass is 344 g/mol. The molecule has 0 spiro atoms. The van der Waals surface area contributed by atoms with Crippen molar-refractivity contribution in [1.82, 2.24) is 10.2 Å². The fourth-order valence-corrected chi connectivity index (χ4v) is 2.94. The van der Waals surface area contributed by atoms with Crippen molar-refractivity contribution in [2.75, 3.05) is 39.4 Å². The highest BCUT2D eigenvalue weighted by Gasteiger charge is 2.23. The molecule has 1 aliphatic heterocycles. The van der Waals surface area contributed by atoms with Gasteiger partial charge < -0.3 is 20.3 Å². The maximum absolute atomic E-state index is 9.96. The van der Waals surface area contributed by atoms with Crippen LogP contribution < -0.4 is 10.1 Å². The quantitative estimate of drug-likeness (QED) is 0.755. The minimum atomic E-state index is -0.0757. The average molecular weight is 345 g/mol. The molecule has 0 bridgehead atoms. The van der Waals surface area contributed by atoms with Gasteiger partial charge in [-0.25, -0.2) is 0 Å². The number of nitrogens with zero attached hydrogens (tertiary/aromatic N) is 1. The number of benzene rings is 1. The lowest BCUT2D eigenvalue weighted by molar-refractivity contribution is 0.110. The summed E-state index contributed by atoms with van der Waals surface area (Å²) in [6.07, 6.45) is 0. The van der Waals surface area contributed by atoms with E-state index in [1.165, 1.54) is 0 Å². The van der Waals surface area contributed by atoms with Crippen molar-refractivity contribution in [1.29, 1.82) is 0 Å². The van der Waals surface area contributed by atoms with Crippen molar-refractivity contribution < 1.29 is 14.9 Å². The highest BCUT2D eigenvalue weighted by molar-refractivity contribution is 9.10. The van der Waals surface area contributed by atoms with Crippen molar-refractivity contribution in [3.63, 3.8) is 0 Å². The molecule has 0 aliphatic carbocycles. The molecule has 1 fully saturated rings. The molecule has 1 unspecified atom stereocenters. The molecule has 1 saturated heterocycles. The van der Waals surface area contributed by atoms with Crippen LogP contribution >= 0.6 is 15.9 Å². The molecule has 20 heavy (non-hydrogen) atoms. The lowest BCUT2D eigenvalue weighted by Crippen LogP contribution is -2.46. The van der Waals surface area contributed by atoms with E-state index < -0.39 is 0 Å². The number of rotatable bonds is 5. The molecule has 1 aromatic carbocycles. The zero-order valence-corrected chi connectivity index (χ0v) is 13.2. The molecule has 0 saturated carbocycles. The number of piperazine rings is 1. The van der Waals surface area contributed by atoms with Crippen LogP contribution in [0.4, 0.5) is 0 Å². The van der Waals surface area contributed by atoms with E-state index in [0.717, 1.165) is 31.7 Å². The summed E-state index contributed by atoms with van der Waals surface area (Å²) in [5, 5.41) is 23.0. The molecule has 6 heteroatoms. The minimum Gasteiger partial charge on any atom is -0.503 e. The Bertz CT molecular complexity index is 450. The summed E-state index contributed by atoms with van der Waals surface area (Å²) in [5.41, 5.74) is 0.947. The fraction of sp³-hybridized carbons (Fsp3) is 0.571. The third-order valence-corrected chi connectivity index (χ3v) is 4.11. The standard InChI is InChI=1S/C14H21BrN2O3/c1-2-20-13-8-10(7-11(15)14(13)19)12(9-18)17-5-3-16-4-6-17/h7-8,12,16,18-19H,2-6,9H2,1H3. The number of halogens is 1. The summed E-state index contributed by atoms with van der Waals surface area (Å²) in [4.78, 5) is 2.24. The topological polar surface area (TPSA) is 65.0 Å². The van der Waals surface area contributed by atoms with Crippen molar-refractivity contribution in [2.45, 2.75) is 13.0 Å². The first-order valence-corrected chi connectivity index (χ1v) is 7.67. The maximum Gasteiger partial charge on any atom is 0.172 e. The Kier molecular flexibility index (Phi) is 5.65. The lowest BCUT2D eigenvalue weighted by atomic mass is 10.0. The number of phenols is 1. The summed E-state index contributed by atoms with van der Waals surface area (Å²) in [7, 11) is 0. The Morgan fingerprint density at radius 3 is 2.70 bits per heavy atom. The van der Waals surface area contributed by atoms with Crippen molar-refractivity contribution in [3.8, 4) is 11.5 Å². The van der Waals surface area contributed by atoms with E-state index in [0.29, 0.717) is 16.8 Å². The number of hydrogen-bond acceptors (Lipinski definition) is 5. The van der Waals surface area contributed by atoms with Crippen LogP contribution in [0.3, 0.4) is 0 Å². The predicted molar refractivity (Wildman–Crippen MR) is 81.2 cm³/mol. The van der Waals surface area contributed by atoms with Crippen molar-refractivity contribution >= 4 is 15.9 Å². The third-order valence-electron chi connectivity index (χ3n) is 3.50. The van der Waals surface area contributed by atoms with Crippen LogP contribution in [-0.2, 0) is 0 Å². The molecule has 0 aromatic heterocycles. The second kappa shape index (κ2) is 7.26. The molecule has 1 atom stereocenters. The van der Waals surface area contributed by atoms with Crippen LogP contribution in [0.5, 0.6) is 11.5 Å². The van der Waals surface area contributed by atoms with E-state index in [1.54, 1.807) is 0 Å². The van der Waals surface area contributed by atoms with E-state index in [9.17, 15) is 10.2 Å². The van der Waals surface area contributed by atoms with E-state index in [-0.39, 0.29) is 18.4 Å². The van der Waals surface area contributed by atoms with Gasteiger partial charge in [0.1, 0.15) is 0 Å². The normalized spacial score (nSPS) is 17.9. The molecule has 1 aliphatic rings. The van der Waals surface area contributed by atoms with Gasteiger partial charge in [0, 0.05) is 26.2 Å². The van der Waals surface area contributed by atoms with Gasteiger partial charge in [-0.1, -0.05) is 0 Å². The van der Waals surface area contributed by atoms with E-state index in [4.69, 9.17) is 4.74 Å². The SMILES string of the molecule is CCOc1cc(C(CO)N2CCNCC2)cc(Br)c1O. The maximum atomic E-state index is 9.96. The van der Waals surface area contributed by atoms with Gasteiger partial charge in [-0.05, 0) is 40.5 Å². The summed E-state index contributed by atoms with van der Waals surface area (Å²) in [6.45, 7) is 6.05. The first kappa shape index (κ1) is 15.6. The molecular formula is C14H21BrN2O3. The average Bonchev–Trinajstić information content (AvgIpc) is 2.46. The molecule has 3 N–H and O–H groups in total. The number of aliphatic hydroxyl groups is 1. The lowest BCUT2D eigenvalue weighted by Gasteiger charge is -2.34. The Balaban J connectivity index is 2.28. The van der Waals surface area contributed by atoms with E-state index in [1.807, 2.05) is 19.1 Å². The second-order valence-corrected chi connectivity index (χ2v) is 5.62. The van der Waals surface area contributed by atoms with Gasteiger partial charge in [0.05, 0.1) is 23.7 Å². The molecule has 1 heterocycles.